The van der Waals surface area contributed by atoms with Crippen molar-refractivity contribution in [3.05, 3.63) is 42.0 Å². The molecule has 0 spiro atoms. The van der Waals surface area contributed by atoms with E-state index in [1.165, 1.54) is 0 Å². The van der Waals surface area contributed by atoms with E-state index >= 15 is 0 Å². The summed E-state index contributed by atoms with van der Waals surface area (Å²) in [7, 11) is 0. The minimum absolute atomic E-state index is 0. The third kappa shape index (κ3) is 4.12. The minimum atomic E-state index is 0. The van der Waals surface area contributed by atoms with Gasteiger partial charge < -0.3 is 0 Å². The SMILES string of the molecule is CC(=O)C=Cc1ccccc1.[Fe]. The summed E-state index contributed by atoms with van der Waals surface area (Å²) < 4.78 is 0. The van der Waals surface area contributed by atoms with Gasteiger partial charge in [-0.15, -0.1) is 0 Å². The van der Waals surface area contributed by atoms with Crippen LogP contribution in [-0.2, 0) is 21.9 Å². The van der Waals surface area contributed by atoms with E-state index in [9.17, 15) is 4.79 Å². The van der Waals surface area contributed by atoms with Crippen LogP contribution in [0.2, 0.25) is 0 Å². The summed E-state index contributed by atoms with van der Waals surface area (Å²) in [5.41, 5.74) is 1.06. The van der Waals surface area contributed by atoms with E-state index in [1.54, 1.807) is 13.0 Å². The Labute approximate surface area is 83.0 Å². The maximum Gasteiger partial charge on any atom is 0.152 e. The van der Waals surface area contributed by atoms with E-state index in [-0.39, 0.29) is 22.9 Å². The maximum atomic E-state index is 10.5. The Morgan fingerprint density at radius 1 is 1.25 bits per heavy atom. The van der Waals surface area contributed by atoms with Crippen molar-refractivity contribution in [2.24, 2.45) is 0 Å². The maximum absolute atomic E-state index is 10.5. The molecule has 2 heteroatoms. The molecule has 0 amide bonds. The van der Waals surface area contributed by atoms with Gasteiger partial charge >= 0.3 is 0 Å². The first-order valence-corrected chi connectivity index (χ1v) is 3.53. The predicted octanol–water partition coefficient (Wildman–Crippen LogP) is 2.29. The Hall–Kier alpha value is -0.851. The van der Waals surface area contributed by atoms with Crippen molar-refractivity contribution in [3.63, 3.8) is 0 Å². The normalized spacial score (nSPS) is 9.42. The Kier molecular flexibility index (Phi) is 5.35. The zero-order valence-corrected chi connectivity index (χ0v) is 7.91. The van der Waals surface area contributed by atoms with Crippen LogP contribution >= 0.6 is 0 Å². The van der Waals surface area contributed by atoms with Crippen molar-refractivity contribution in [1.29, 1.82) is 0 Å². The molecule has 0 saturated heterocycles. The van der Waals surface area contributed by atoms with E-state index in [2.05, 4.69) is 0 Å². The van der Waals surface area contributed by atoms with Gasteiger partial charge in [-0.1, -0.05) is 36.4 Å². The molecule has 0 fully saturated rings. The van der Waals surface area contributed by atoms with Crippen LogP contribution in [0.25, 0.3) is 6.08 Å². The van der Waals surface area contributed by atoms with Crippen molar-refractivity contribution >= 4 is 11.9 Å². The third-order valence-corrected chi connectivity index (χ3v) is 1.31. The van der Waals surface area contributed by atoms with Crippen molar-refractivity contribution in [3.8, 4) is 0 Å². The molecule has 1 nitrogen and oxygen atoms in total. The van der Waals surface area contributed by atoms with Gasteiger partial charge in [-0.25, -0.2) is 0 Å². The van der Waals surface area contributed by atoms with Crippen LogP contribution in [0.1, 0.15) is 12.5 Å². The van der Waals surface area contributed by atoms with Gasteiger partial charge in [0.2, 0.25) is 0 Å². The average Bonchev–Trinajstić information content (AvgIpc) is 2.03. The smallest absolute Gasteiger partial charge is 0.152 e. The second kappa shape index (κ2) is 5.76. The van der Waals surface area contributed by atoms with Crippen LogP contribution in [0.5, 0.6) is 0 Å². The van der Waals surface area contributed by atoms with Gasteiger partial charge in [-0.3, -0.25) is 4.79 Å². The van der Waals surface area contributed by atoms with Crippen molar-refractivity contribution in [1.82, 2.24) is 0 Å². The van der Waals surface area contributed by atoms with Crippen molar-refractivity contribution in [2.75, 3.05) is 0 Å². The summed E-state index contributed by atoms with van der Waals surface area (Å²) in [4.78, 5) is 10.5. The van der Waals surface area contributed by atoms with Crippen LogP contribution in [0.15, 0.2) is 36.4 Å². The topological polar surface area (TPSA) is 17.1 Å². The Morgan fingerprint density at radius 2 is 1.83 bits per heavy atom. The molecule has 0 unspecified atom stereocenters. The Morgan fingerprint density at radius 3 is 2.33 bits per heavy atom. The number of benzene rings is 1. The van der Waals surface area contributed by atoms with Crippen molar-refractivity contribution in [2.45, 2.75) is 6.92 Å². The molecule has 64 valence electrons. The number of hydrogen-bond donors (Lipinski definition) is 0. The molecule has 0 heterocycles. The molecule has 0 aromatic heterocycles. The van der Waals surface area contributed by atoms with E-state index in [0.717, 1.165) is 5.56 Å². The summed E-state index contributed by atoms with van der Waals surface area (Å²) in [5, 5.41) is 0. The van der Waals surface area contributed by atoms with Gasteiger partial charge in [0, 0.05) is 17.1 Å². The molecule has 0 radical (unpaired) electrons. The van der Waals surface area contributed by atoms with E-state index < -0.39 is 0 Å². The zero-order valence-electron chi connectivity index (χ0n) is 6.80. The fourth-order valence-electron chi connectivity index (χ4n) is 0.778. The summed E-state index contributed by atoms with van der Waals surface area (Å²) >= 11 is 0. The molecule has 0 aliphatic heterocycles. The van der Waals surface area contributed by atoms with Crippen molar-refractivity contribution < 1.29 is 21.9 Å². The van der Waals surface area contributed by atoms with Gasteiger partial charge in [0.25, 0.3) is 0 Å². The minimum Gasteiger partial charge on any atom is -0.295 e. The zero-order chi connectivity index (χ0) is 8.10. The molecule has 0 atom stereocenters. The number of hydrogen-bond acceptors (Lipinski definition) is 1. The molecule has 0 aliphatic carbocycles. The van der Waals surface area contributed by atoms with Crippen LogP contribution < -0.4 is 0 Å². The molecule has 0 N–H and O–H groups in total. The fraction of sp³-hybridized carbons (Fsp3) is 0.100. The largest absolute Gasteiger partial charge is 0.295 e. The number of ketones is 1. The van der Waals surface area contributed by atoms with Gasteiger partial charge in [0.05, 0.1) is 0 Å². The molecular formula is C10H10FeO. The fourth-order valence-corrected chi connectivity index (χ4v) is 0.778. The molecule has 0 bridgehead atoms. The summed E-state index contributed by atoms with van der Waals surface area (Å²) in [6.45, 7) is 1.54. The molecular weight excluding hydrogens is 192 g/mol. The van der Waals surface area contributed by atoms with Crippen LogP contribution in [0.4, 0.5) is 0 Å². The van der Waals surface area contributed by atoms with Crippen LogP contribution in [0, 0.1) is 0 Å². The first-order chi connectivity index (χ1) is 5.29. The molecule has 1 rings (SSSR count). The number of allylic oxidation sites excluding steroid dienone is 1. The van der Waals surface area contributed by atoms with Gasteiger partial charge in [-0.2, -0.15) is 0 Å². The molecule has 1 aromatic rings. The second-order valence-electron chi connectivity index (χ2n) is 2.35. The van der Waals surface area contributed by atoms with Gasteiger partial charge in [0.15, 0.2) is 5.78 Å². The molecule has 0 saturated carbocycles. The predicted molar refractivity (Wildman–Crippen MR) is 46.2 cm³/mol. The van der Waals surface area contributed by atoms with E-state index in [1.807, 2.05) is 36.4 Å². The molecule has 12 heavy (non-hydrogen) atoms. The Bertz CT molecular complexity index is 264. The molecule has 1 aromatic carbocycles. The quantitative estimate of drug-likeness (QED) is 0.531. The first-order valence-electron chi connectivity index (χ1n) is 3.53. The van der Waals surface area contributed by atoms with E-state index in [4.69, 9.17) is 0 Å². The first kappa shape index (κ1) is 11.1. The van der Waals surface area contributed by atoms with Gasteiger partial charge in [-0.05, 0) is 18.6 Å². The third-order valence-electron chi connectivity index (χ3n) is 1.31. The van der Waals surface area contributed by atoms with E-state index in [0.29, 0.717) is 0 Å². The summed E-state index contributed by atoms with van der Waals surface area (Å²) in [6.07, 6.45) is 3.37. The summed E-state index contributed by atoms with van der Waals surface area (Å²) in [5.74, 6) is 0.0776. The van der Waals surface area contributed by atoms with Crippen LogP contribution in [0.3, 0.4) is 0 Å². The summed E-state index contributed by atoms with van der Waals surface area (Å²) in [6, 6.07) is 9.75. The standard InChI is InChI=1S/C10H10O.Fe/c1-9(11)7-8-10-5-3-2-4-6-10;/h2-8H,1H3;. The Balaban J connectivity index is 0.00000121. The number of carbonyl (C=O) groups excluding carboxylic acids is 1. The second-order valence-corrected chi connectivity index (χ2v) is 2.35. The number of carbonyl (C=O) groups is 1. The molecule has 0 aliphatic rings. The monoisotopic (exact) mass is 202 g/mol. The van der Waals surface area contributed by atoms with Gasteiger partial charge in [0.1, 0.15) is 0 Å². The number of rotatable bonds is 2. The average molecular weight is 202 g/mol. The van der Waals surface area contributed by atoms with Crippen LogP contribution in [-0.4, -0.2) is 5.78 Å².